The Bertz CT molecular complexity index is 2920. The normalized spacial score (nSPS) is 12.5. The van der Waals surface area contributed by atoms with Crippen molar-refractivity contribution in [1.29, 1.82) is 0 Å². The number of nitrogens with zero attached hydrogens (tertiary/aromatic N) is 3. The molecule has 0 aliphatic carbocycles. The molecule has 4 heteroatoms. The van der Waals surface area contributed by atoms with E-state index in [-0.39, 0.29) is 5.41 Å². The Kier molecular flexibility index (Phi) is 5.71. The minimum Gasteiger partial charge on any atom is -0.277 e. The summed E-state index contributed by atoms with van der Waals surface area (Å²) < 4.78 is 4.96. The van der Waals surface area contributed by atoms with E-state index in [1.165, 1.54) is 58.1 Å². The Morgan fingerprint density at radius 2 is 1.21 bits per heavy atom. The predicted octanol–water partition coefficient (Wildman–Crippen LogP) is 12.4. The van der Waals surface area contributed by atoms with Crippen molar-refractivity contribution in [2.75, 3.05) is 0 Å². The highest BCUT2D eigenvalue weighted by atomic mass is 32.1. The van der Waals surface area contributed by atoms with Gasteiger partial charge in [-0.25, -0.2) is 9.97 Å². The second kappa shape index (κ2) is 9.96. The van der Waals surface area contributed by atoms with Gasteiger partial charge in [-0.15, -0.1) is 11.3 Å². The van der Waals surface area contributed by atoms with Gasteiger partial charge in [-0.1, -0.05) is 130 Å². The van der Waals surface area contributed by atoms with E-state index < -0.39 is 0 Å². The molecule has 0 saturated heterocycles. The van der Waals surface area contributed by atoms with Crippen LogP contribution in [0.3, 0.4) is 0 Å². The van der Waals surface area contributed by atoms with Gasteiger partial charge in [0, 0.05) is 52.7 Å². The molecule has 10 aromatic rings. The standard InChI is InChI=1S/C44H31N3S/c1-44(2,3)29-22-20-26(21-23-29)40-32-16-8-10-18-35(32)45-43(46-40)47-36-25-28-13-5-4-12-27(28)24-34(36)38-39-33-17-9-11-19-37(33)48-42(39)31-15-7-6-14-30(31)41(38)47/h4-25H,1-3H3. The minimum absolute atomic E-state index is 0.0708. The van der Waals surface area contributed by atoms with Crippen LogP contribution in [0.25, 0.3) is 91.6 Å². The van der Waals surface area contributed by atoms with E-state index in [1.54, 1.807) is 0 Å². The first kappa shape index (κ1) is 27.5. The zero-order valence-electron chi connectivity index (χ0n) is 27.0. The van der Waals surface area contributed by atoms with Crippen molar-refractivity contribution in [1.82, 2.24) is 14.5 Å². The van der Waals surface area contributed by atoms with Gasteiger partial charge in [0.2, 0.25) is 5.95 Å². The van der Waals surface area contributed by atoms with Crippen LogP contribution in [0, 0.1) is 0 Å². The summed E-state index contributed by atoms with van der Waals surface area (Å²) in [4.78, 5) is 10.8. The van der Waals surface area contributed by atoms with Gasteiger partial charge in [0.25, 0.3) is 0 Å². The molecular formula is C44H31N3S. The van der Waals surface area contributed by atoms with E-state index in [0.717, 1.165) is 33.2 Å². The van der Waals surface area contributed by atoms with E-state index in [9.17, 15) is 0 Å². The van der Waals surface area contributed by atoms with E-state index in [2.05, 4.69) is 159 Å². The van der Waals surface area contributed by atoms with Crippen LogP contribution in [0.5, 0.6) is 0 Å². The second-order valence-electron chi connectivity index (χ2n) is 13.8. The molecule has 0 N–H and O–H groups in total. The van der Waals surface area contributed by atoms with Gasteiger partial charge in [-0.2, -0.15) is 0 Å². The summed E-state index contributed by atoms with van der Waals surface area (Å²) >= 11 is 1.89. The number of benzene rings is 7. The maximum absolute atomic E-state index is 5.48. The summed E-state index contributed by atoms with van der Waals surface area (Å²) in [7, 11) is 0. The lowest BCUT2D eigenvalue weighted by atomic mass is 9.86. The molecule has 3 heterocycles. The number of aromatic nitrogens is 3. The number of fused-ring (bicyclic) bond motifs is 12. The summed E-state index contributed by atoms with van der Waals surface area (Å²) in [5, 5.41) is 11.0. The Labute approximate surface area is 281 Å². The van der Waals surface area contributed by atoms with Crippen LogP contribution < -0.4 is 0 Å². The number of thiophene rings is 1. The van der Waals surface area contributed by atoms with Crippen molar-refractivity contribution in [2.24, 2.45) is 0 Å². The van der Waals surface area contributed by atoms with Crippen LogP contribution in [-0.2, 0) is 5.41 Å². The Morgan fingerprint density at radius 3 is 1.98 bits per heavy atom. The van der Waals surface area contributed by atoms with Gasteiger partial charge in [0.15, 0.2) is 0 Å². The number of hydrogen-bond donors (Lipinski definition) is 0. The van der Waals surface area contributed by atoms with Gasteiger partial charge in [0.05, 0.1) is 22.2 Å². The lowest BCUT2D eigenvalue weighted by molar-refractivity contribution is 0.590. The lowest BCUT2D eigenvalue weighted by Gasteiger charge is -2.19. The zero-order chi connectivity index (χ0) is 32.1. The van der Waals surface area contributed by atoms with Crippen LogP contribution in [0.4, 0.5) is 0 Å². The summed E-state index contributed by atoms with van der Waals surface area (Å²) in [5.41, 5.74) is 6.60. The zero-order valence-corrected chi connectivity index (χ0v) is 27.8. The maximum atomic E-state index is 5.48. The molecule has 0 fully saturated rings. The van der Waals surface area contributed by atoms with Crippen LogP contribution in [-0.4, -0.2) is 14.5 Å². The van der Waals surface area contributed by atoms with E-state index in [4.69, 9.17) is 9.97 Å². The molecule has 7 aromatic carbocycles. The summed E-state index contributed by atoms with van der Waals surface area (Å²) in [6, 6.07) is 48.4. The van der Waals surface area contributed by atoms with Crippen molar-refractivity contribution in [2.45, 2.75) is 26.2 Å². The SMILES string of the molecule is CC(C)(C)c1ccc(-c2nc(-n3c4cc5ccccc5cc4c4c5c6ccccc6sc5c5ccccc5c43)nc3ccccc23)cc1. The first-order valence-electron chi connectivity index (χ1n) is 16.5. The fourth-order valence-corrected chi connectivity index (χ4v) is 8.82. The fraction of sp³-hybridized carbons (Fsp3) is 0.0909. The van der Waals surface area contributed by atoms with Gasteiger partial charge in [-0.3, -0.25) is 4.57 Å². The molecule has 0 atom stereocenters. The van der Waals surface area contributed by atoms with Crippen LogP contribution in [0.2, 0.25) is 0 Å². The third kappa shape index (κ3) is 3.93. The molecule has 0 aliphatic rings. The van der Waals surface area contributed by atoms with Gasteiger partial charge < -0.3 is 0 Å². The topological polar surface area (TPSA) is 30.7 Å². The van der Waals surface area contributed by atoms with Gasteiger partial charge in [0.1, 0.15) is 0 Å². The van der Waals surface area contributed by atoms with Crippen molar-refractivity contribution in [3.05, 3.63) is 139 Å². The molecule has 0 amide bonds. The molecule has 0 unspecified atom stereocenters. The Morgan fingerprint density at radius 1 is 0.562 bits per heavy atom. The molecule has 10 rings (SSSR count). The minimum atomic E-state index is 0.0708. The molecule has 228 valence electrons. The quantitative estimate of drug-likeness (QED) is 0.190. The largest absolute Gasteiger partial charge is 0.277 e. The average molecular weight is 634 g/mol. The molecule has 0 aliphatic heterocycles. The van der Waals surface area contributed by atoms with Crippen LogP contribution in [0.1, 0.15) is 26.3 Å². The predicted molar refractivity (Wildman–Crippen MR) is 206 cm³/mol. The maximum Gasteiger partial charge on any atom is 0.235 e. The molecular weight excluding hydrogens is 603 g/mol. The number of hydrogen-bond acceptors (Lipinski definition) is 3. The first-order chi connectivity index (χ1) is 23.4. The van der Waals surface area contributed by atoms with E-state index in [0.29, 0.717) is 5.95 Å². The highest BCUT2D eigenvalue weighted by Gasteiger charge is 2.24. The average Bonchev–Trinajstić information content (AvgIpc) is 3.66. The summed E-state index contributed by atoms with van der Waals surface area (Å²) in [6.45, 7) is 6.76. The van der Waals surface area contributed by atoms with Crippen LogP contribution >= 0.6 is 11.3 Å². The summed E-state index contributed by atoms with van der Waals surface area (Å²) in [6.07, 6.45) is 0. The van der Waals surface area contributed by atoms with Gasteiger partial charge in [-0.05, 0) is 46.0 Å². The molecule has 0 spiro atoms. The third-order valence-corrected chi connectivity index (χ3v) is 11.1. The molecule has 0 saturated carbocycles. The van der Waals surface area contributed by atoms with Crippen LogP contribution in [0.15, 0.2) is 133 Å². The van der Waals surface area contributed by atoms with Crippen molar-refractivity contribution >= 4 is 85.8 Å². The molecule has 3 aromatic heterocycles. The Hall–Kier alpha value is -5.58. The molecule has 48 heavy (non-hydrogen) atoms. The number of rotatable bonds is 2. The van der Waals surface area contributed by atoms with Gasteiger partial charge >= 0.3 is 0 Å². The second-order valence-corrected chi connectivity index (χ2v) is 14.9. The molecule has 3 nitrogen and oxygen atoms in total. The van der Waals surface area contributed by atoms with Crippen molar-refractivity contribution in [3.63, 3.8) is 0 Å². The van der Waals surface area contributed by atoms with E-state index >= 15 is 0 Å². The Balaban J connectivity index is 1.41. The fourth-order valence-electron chi connectivity index (χ4n) is 7.57. The monoisotopic (exact) mass is 633 g/mol. The first-order valence-corrected chi connectivity index (χ1v) is 17.3. The smallest absolute Gasteiger partial charge is 0.235 e. The van der Waals surface area contributed by atoms with E-state index in [1.807, 2.05) is 11.3 Å². The van der Waals surface area contributed by atoms with Crippen molar-refractivity contribution < 1.29 is 0 Å². The lowest BCUT2D eigenvalue weighted by Crippen LogP contribution is -2.10. The number of para-hydroxylation sites is 1. The highest BCUT2D eigenvalue weighted by Crippen LogP contribution is 2.48. The summed E-state index contributed by atoms with van der Waals surface area (Å²) in [5.74, 6) is 0.683. The molecule has 0 radical (unpaired) electrons. The third-order valence-electron chi connectivity index (χ3n) is 9.92. The highest BCUT2D eigenvalue weighted by molar-refractivity contribution is 7.27. The molecule has 0 bridgehead atoms. The van der Waals surface area contributed by atoms with Crippen molar-refractivity contribution in [3.8, 4) is 17.2 Å².